The van der Waals surface area contributed by atoms with Crippen molar-refractivity contribution in [1.82, 2.24) is 9.88 Å². The number of nitrogens with zero attached hydrogens (tertiary/aromatic N) is 1. The molecule has 5 nitrogen and oxygen atoms in total. The van der Waals surface area contributed by atoms with Crippen LogP contribution < -0.4 is 5.32 Å². The van der Waals surface area contributed by atoms with Gasteiger partial charge in [-0.05, 0) is 26.0 Å². The van der Waals surface area contributed by atoms with Crippen LogP contribution in [0.15, 0.2) is 12.1 Å². The van der Waals surface area contributed by atoms with E-state index in [0.29, 0.717) is 5.69 Å². The fraction of sp³-hybridized carbons (Fsp3) is 0.400. The maximum Gasteiger partial charge on any atom is 0.325 e. The van der Waals surface area contributed by atoms with Gasteiger partial charge in [-0.2, -0.15) is 0 Å². The van der Waals surface area contributed by atoms with E-state index in [1.165, 1.54) is 6.92 Å². The molecule has 1 unspecified atom stereocenters. The molecule has 0 fully saturated rings. The Labute approximate surface area is 87.7 Å². The predicted molar refractivity (Wildman–Crippen MR) is 54.7 cm³/mol. The van der Waals surface area contributed by atoms with Crippen molar-refractivity contribution in [3.63, 3.8) is 0 Å². The molecule has 0 aliphatic heterocycles. The molecule has 1 amide bonds. The molecule has 1 atom stereocenters. The van der Waals surface area contributed by atoms with Crippen LogP contribution in [0.25, 0.3) is 0 Å². The molecule has 0 radical (unpaired) electrons. The number of carbonyl (C=O) groups is 2. The minimum atomic E-state index is -1.05. The van der Waals surface area contributed by atoms with E-state index in [4.69, 9.17) is 5.11 Å². The molecule has 1 heterocycles. The van der Waals surface area contributed by atoms with Crippen LogP contribution in [0.2, 0.25) is 0 Å². The maximum absolute atomic E-state index is 11.6. The van der Waals surface area contributed by atoms with Crippen LogP contribution in [0.1, 0.15) is 23.1 Å². The standard InChI is InChI=1S/C10H14N2O3/c1-6-4-5-8(12(6)3)9(13)11-7(2)10(14)15/h4-5,7H,1-3H3,(H,11,13)(H,14,15). The summed E-state index contributed by atoms with van der Waals surface area (Å²) >= 11 is 0. The Morgan fingerprint density at radius 3 is 2.47 bits per heavy atom. The second kappa shape index (κ2) is 4.16. The minimum Gasteiger partial charge on any atom is -0.480 e. The molecule has 1 rings (SSSR count). The number of aromatic nitrogens is 1. The molecule has 0 aliphatic carbocycles. The van der Waals surface area contributed by atoms with Crippen molar-refractivity contribution < 1.29 is 14.7 Å². The fourth-order valence-corrected chi connectivity index (χ4v) is 1.17. The van der Waals surface area contributed by atoms with Crippen molar-refractivity contribution in [1.29, 1.82) is 0 Å². The number of hydrogen-bond acceptors (Lipinski definition) is 2. The zero-order chi connectivity index (χ0) is 11.6. The third kappa shape index (κ3) is 2.37. The summed E-state index contributed by atoms with van der Waals surface area (Å²) in [5.41, 5.74) is 1.41. The number of aryl methyl sites for hydroxylation is 1. The molecule has 1 aromatic rings. The van der Waals surface area contributed by atoms with Crippen molar-refractivity contribution in [2.75, 3.05) is 0 Å². The van der Waals surface area contributed by atoms with Crippen LogP contribution >= 0.6 is 0 Å². The summed E-state index contributed by atoms with van der Waals surface area (Å²) < 4.78 is 1.71. The Balaban J connectivity index is 2.78. The van der Waals surface area contributed by atoms with Gasteiger partial charge in [-0.15, -0.1) is 0 Å². The number of amides is 1. The summed E-state index contributed by atoms with van der Waals surface area (Å²) in [4.78, 5) is 22.1. The van der Waals surface area contributed by atoms with Crippen molar-refractivity contribution in [3.8, 4) is 0 Å². The van der Waals surface area contributed by atoms with Gasteiger partial charge in [-0.3, -0.25) is 9.59 Å². The monoisotopic (exact) mass is 210 g/mol. The lowest BCUT2D eigenvalue weighted by Crippen LogP contribution is -2.39. The lowest BCUT2D eigenvalue weighted by atomic mass is 10.3. The lowest BCUT2D eigenvalue weighted by molar-refractivity contribution is -0.138. The van der Waals surface area contributed by atoms with Gasteiger partial charge in [0.1, 0.15) is 11.7 Å². The summed E-state index contributed by atoms with van der Waals surface area (Å²) in [7, 11) is 1.76. The molecule has 0 aliphatic rings. The van der Waals surface area contributed by atoms with Crippen LogP contribution in [-0.4, -0.2) is 27.6 Å². The maximum atomic E-state index is 11.6. The van der Waals surface area contributed by atoms with Gasteiger partial charge >= 0.3 is 5.97 Å². The van der Waals surface area contributed by atoms with Crippen LogP contribution in [0.4, 0.5) is 0 Å². The van der Waals surface area contributed by atoms with Crippen LogP contribution in [0, 0.1) is 6.92 Å². The van der Waals surface area contributed by atoms with Crippen molar-refractivity contribution in [2.24, 2.45) is 7.05 Å². The molecule has 1 aromatic heterocycles. The second-order valence-corrected chi connectivity index (χ2v) is 3.45. The quantitative estimate of drug-likeness (QED) is 0.764. The zero-order valence-corrected chi connectivity index (χ0v) is 8.94. The highest BCUT2D eigenvalue weighted by Crippen LogP contribution is 2.05. The van der Waals surface area contributed by atoms with Gasteiger partial charge in [0, 0.05) is 12.7 Å². The molecular weight excluding hydrogens is 196 g/mol. The Bertz CT molecular complexity index is 395. The molecular formula is C10H14N2O3. The van der Waals surface area contributed by atoms with Crippen LogP contribution in [0.5, 0.6) is 0 Å². The van der Waals surface area contributed by atoms with Crippen molar-refractivity contribution in [2.45, 2.75) is 19.9 Å². The minimum absolute atomic E-state index is 0.375. The lowest BCUT2D eigenvalue weighted by Gasteiger charge is -2.10. The molecule has 0 bridgehead atoms. The highest BCUT2D eigenvalue weighted by Gasteiger charge is 2.17. The smallest absolute Gasteiger partial charge is 0.325 e. The molecule has 82 valence electrons. The SMILES string of the molecule is Cc1ccc(C(=O)NC(C)C(=O)O)n1C. The van der Waals surface area contributed by atoms with E-state index in [0.717, 1.165) is 5.69 Å². The fourth-order valence-electron chi connectivity index (χ4n) is 1.17. The largest absolute Gasteiger partial charge is 0.480 e. The molecule has 5 heteroatoms. The molecule has 15 heavy (non-hydrogen) atoms. The van der Waals surface area contributed by atoms with Gasteiger partial charge < -0.3 is 15.0 Å². The highest BCUT2D eigenvalue weighted by atomic mass is 16.4. The Kier molecular flexibility index (Phi) is 3.14. The molecule has 0 saturated heterocycles. The summed E-state index contributed by atoms with van der Waals surface area (Å²) in [6.45, 7) is 3.30. The van der Waals surface area contributed by atoms with E-state index >= 15 is 0 Å². The first kappa shape index (κ1) is 11.3. The number of carboxylic acids is 1. The van der Waals surface area contributed by atoms with E-state index < -0.39 is 12.0 Å². The van der Waals surface area contributed by atoms with Gasteiger partial charge in [0.15, 0.2) is 0 Å². The number of carbonyl (C=O) groups excluding carboxylic acids is 1. The highest BCUT2D eigenvalue weighted by molar-refractivity contribution is 5.95. The number of carboxylic acid groups (broad SMARTS) is 1. The summed E-state index contributed by atoms with van der Waals surface area (Å²) in [6.07, 6.45) is 0. The summed E-state index contributed by atoms with van der Waals surface area (Å²) in [5, 5.41) is 11.0. The third-order valence-corrected chi connectivity index (χ3v) is 2.32. The van der Waals surface area contributed by atoms with Crippen LogP contribution in [0.3, 0.4) is 0 Å². The van der Waals surface area contributed by atoms with Gasteiger partial charge in [0.25, 0.3) is 5.91 Å². The first-order valence-electron chi connectivity index (χ1n) is 4.59. The van der Waals surface area contributed by atoms with Gasteiger partial charge in [-0.1, -0.05) is 0 Å². The molecule has 0 saturated carbocycles. The third-order valence-electron chi connectivity index (χ3n) is 2.32. The Morgan fingerprint density at radius 1 is 1.47 bits per heavy atom. The van der Waals surface area contributed by atoms with E-state index in [9.17, 15) is 9.59 Å². The topological polar surface area (TPSA) is 71.3 Å². The van der Waals surface area contributed by atoms with Crippen molar-refractivity contribution >= 4 is 11.9 Å². The number of hydrogen-bond donors (Lipinski definition) is 2. The van der Waals surface area contributed by atoms with E-state index in [2.05, 4.69) is 5.32 Å². The molecule has 0 aromatic carbocycles. The summed E-state index contributed by atoms with van der Waals surface area (Å²) in [6, 6.07) is 2.59. The molecule has 2 N–H and O–H groups in total. The zero-order valence-electron chi connectivity index (χ0n) is 8.94. The average molecular weight is 210 g/mol. The van der Waals surface area contributed by atoms with Crippen molar-refractivity contribution in [3.05, 3.63) is 23.5 Å². The number of aliphatic carboxylic acids is 1. The van der Waals surface area contributed by atoms with Gasteiger partial charge in [0.2, 0.25) is 0 Å². The van der Waals surface area contributed by atoms with E-state index in [1.54, 1.807) is 23.7 Å². The normalized spacial score (nSPS) is 12.2. The summed E-state index contributed by atoms with van der Waals surface area (Å²) in [5.74, 6) is -1.42. The van der Waals surface area contributed by atoms with E-state index in [-0.39, 0.29) is 5.91 Å². The van der Waals surface area contributed by atoms with E-state index in [1.807, 2.05) is 6.92 Å². The molecule has 0 spiro atoms. The number of rotatable bonds is 3. The number of nitrogens with one attached hydrogen (secondary N) is 1. The van der Waals surface area contributed by atoms with Gasteiger partial charge in [-0.25, -0.2) is 0 Å². The van der Waals surface area contributed by atoms with Crippen LogP contribution in [-0.2, 0) is 11.8 Å². The van der Waals surface area contributed by atoms with Gasteiger partial charge in [0.05, 0.1) is 0 Å². The average Bonchev–Trinajstić information content (AvgIpc) is 2.47. The first-order valence-corrected chi connectivity index (χ1v) is 4.59. The first-order chi connectivity index (χ1) is 6.93. The predicted octanol–water partition coefficient (Wildman–Crippen LogP) is 0.536. The second-order valence-electron chi connectivity index (χ2n) is 3.45. The Hall–Kier alpha value is -1.78. The Morgan fingerprint density at radius 2 is 2.07 bits per heavy atom.